The summed E-state index contributed by atoms with van der Waals surface area (Å²) in [6, 6.07) is 8.29. The molecule has 1 aromatic rings. The molecule has 1 aromatic carbocycles. The Labute approximate surface area is 103 Å². The van der Waals surface area contributed by atoms with E-state index in [-0.39, 0.29) is 5.92 Å². The molecule has 1 unspecified atom stereocenters. The van der Waals surface area contributed by atoms with Crippen LogP contribution in [-0.4, -0.2) is 26.5 Å². The van der Waals surface area contributed by atoms with E-state index >= 15 is 0 Å². The van der Waals surface area contributed by atoms with Crippen molar-refractivity contribution in [1.29, 1.82) is 0 Å². The first-order valence-corrected chi connectivity index (χ1v) is 7.92. The Hall–Kier alpha value is -0.870. The third kappa shape index (κ3) is 3.30. The Morgan fingerprint density at radius 3 is 2.82 bits per heavy atom. The van der Waals surface area contributed by atoms with Gasteiger partial charge in [-0.05, 0) is 42.9 Å². The lowest BCUT2D eigenvalue weighted by Gasteiger charge is -2.10. The molecule has 1 saturated heterocycles. The molecule has 0 saturated carbocycles. The van der Waals surface area contributed by atoms with E-state index in [0.717, 1.165) is 19.3 Å². The highest BCUT2D eigenvalue weighted by molar-refractivity contribution is 7.91. The number of sulfone groups is 1. The zero-order valence-corrected chi connectivity index (χ0v) is 10.7. The molecule has 0 amide bonds. The van der Waals surface area contributed by atoms with E-state index < -0.39 is 9.84 Å². The Morgan fingerprint density at radius 1 is 1.35 bits per heavy atom. The predicted molar refractivity (Wildman–Crippen MR) is 69.8 cm³/mol. The minimum atomic E-state index is -2.79. The van der Waals surface area contributed by atoms with Gasteiger partial charge in [-0.1, -0.05) is 24.3 Å². The van der Waals surface area contributed by atoms with Crippen molar-refractivity contribution in [3.8, 4) is 0 Å². The highest BCUT2D eigenvalue weighted by Crippen LogP contribution is 2.29. The molecule has 0 aromatic heterocycles. The van der Waals surface area contributed by atoms with Gasteiger partial charge >= 0.3 is 0 Å². The lowest BCUT2D eigenvalue weighted by atomic mass is 9.96. The molecule has 2 rings (SSSR count). The van der Waals surface area contributed by atoms with Crippen LogP contribution in [0.2, 0.25) is 0 Å². The van der Waals surface area contributed by atoms with Crippen molar-refractivity contribution in [3.05, 3.63) is 35.4 Å². The van der Waals surface area contributed by atoms with E-state index in [9.17, 15) is 8.42 Å². The van der Waals surface area contributed by atoms with Gasteiger partial charge in [-0.3, -0.25) is 0 Å². The van der Waals surface area contributed by atoms with Gasteiger partial charge in [0.2, 0.25) is 0 Å². The molecule has 1 aliphatic heterocycles. The molecule has 1 fully saturated rings. The average molecular weight is 253 g/mol. The summed E-state index contributed by atoms with van der Waals surface area (Å²) in [5.41, 5.74) is 7.92. The topological polar surface area (TPSA) is 60.2 Å². The summed E-state index contributed by atoms with van der Waals surface area (Å²) in [5, 5.41) is 0. The summed E-state index contributed by atoms with van der Waals surface area (Å²) in [4.78, 5) is 0. The Bertz CT molecular complexity index is 482. The van der Waals surface area contributed by atoms with Crippen molar-refractivity contribution < 1.29 is 8.42 Å². The standard InChI is InChI=1S/C13H19NO2S/c14-7-2-4-11-3-1-5-12(9-11)13-6-8-17(15,16)10-13/h1,3,5,9,13H,2,4,6-8,10,14H2. The number of hydrogen-bond donors (Lipinski definition) is 1. The number of nitrogens with two attached hydrogens (primary N) is 1. The van der Waals surface area contributed by atoms with Gasteiger partial charge in [-0.25, -0.2) is 8.42 Å². The van der Waals surface area contributed by atoms with Crippen molar-refractivity contribution in [3.63, 3.8) is 0 Å². The van der Waals surface area contributed by atoms with Gasteiger partial charge in [-0.15, -0.1) is 0 Å². The quantitative estimate of drug-likeness (QED) is 0.884. The van der Waals surface area contributed by atoms with E-state index in [2.05, 4.69) is 12.1 Å². The van der Waals surface area contributed by atoms with Gasteiger partial charge in [0.05, 0.1) is 11.5 Å². The fourth-order valence-corrected chi connectivity index (χ4v) is 4.15. The minimum Gasteiger partial charge on any atom is -0.330 e. The van der Waals surface area contributed by atoms with E-state index in [1.807, 2.05) is 12.1 Å². The maximum Gasteiger partial charge on any atom is 0.150 e. The average Bonchev–Trinajstić information content (AvgIpc) is 2.67. The highest BCUT2D eigenvalue weighted by atomic mass is 32.2. The van der Waals surface area contributed by atoms with Crippen LogP contribution >= 0.6 is 0 Å². The first-order chi connectivity index (χ1) is 8.11. The third-order valence-electron chi connectivity index (χ3n) is 3.32. The first-order valence-electron chi connectivity index (χ1n) is 6.10. The Balaban J connectivity index is 2.11. The summed E-state index contributed by atoms with van der Waals surface area (Å²) >= 11 is 0. The minimum absolute atomic E-state index is 0.192. The van der Waals surface area contributed by atoms with Crippen LogP contribution in [-0.2, 0) is 16.3 Å². The third-order valence-corrected chi connectivity index (χ3v) is 5.09. The Kier molecular flexibility index (Phi) is 3.84. The maximum absolute atomic E-state index is 11.5. The van der Waals surface area contributed by atoms with Crippen molar-refractivity contribution >= 4 is 9.84 Å². The van der Waals surface area contributed by atoms with E-state index in [1.54, 1.807) is 0 Å². The molecule has 1 atom stereocenters. The lowest BCUT2D eigenvalue weighted by Crippen LogP contribution is -2.04. The smallest absolute Gasteiger partial charge is 0.150 e. The molecule has 0 spiro atoms. The molecule has 17 heavy (non-hydrogen) atoms. The SMILES string of the molecule is NCCCc1cccc(C2CCS(=O)(=O)C2)c1. The van der Waals surface area contributed by atoms with Gasteiger partial charge in [0.25, 0.3) is 0 Å². The highest BCUT2D eigenvalue weighted by Gasteiger charge is 2.28. The van der Waals surface area contributed by atoms with E-state index in [0.29, 0.717) is 18.1 Å². The van der Waals surface area contributed by atoms with Crippen LogP contribution in [0.1, 0.15) is 29.9 Å². The van der Waals surface area contributed by atoms with Crippen LogP contribution in [0.4, 0.5) is 0 Å². The van der Waals surface area contributed by atoms with Gasteiger partial charge in [0.15, 0.2) is 9.84 Å². The molecule has 4 heteroatoms. The van der Waals surface area contributed by atoms with Crippen LogP contribution < -0.4 is 5.73 Å². The summed E-state index contributed by atoms with van der Waals surface area (Å²) in [5.74, 6) is 0.843. The van der Waals surface area contributed by atoms with Crippen LogP contribution in [0.3, 0.4) is 0 Å². The van der Waals surface area contributed by atoms with E-state index in [1.165, 1.54) is 11.1 Å². The number of hydrogen-bond acceptors (Lipinski definition) is 3. The fraction of sp³-hybridized carbons (Fsp3) is 0.538. The van der Waals surface area contributed by atoms with Crippen LogP contribution in [0.25, 0.3) is 0 Å². The number of rotatable bonds is 4. The number of benzene rings is 1. The van der Waals surface area contributed by atoms with Gasteiger partial charge in [0.1, 0.15) is 0 Å². The molecule has 1 heterocycles. The molecule has 0 radical (unpaired) electrons. The summed E-state index contributed by atoms with van der Waals surface area (Å²) in [7, 11) is -2.79. The predicted octanol–water partition coefficient (Wildman–Crippen LogP) is 1.48. The van der Waals surface area contributed by atoms with Crippen LogP contribution in [0, 0.1) is 0 Å². The largest absolute Gasteiger partial charge is 0.330 e. The molecular weight excluding hydrogens is 234 g/mol. The van der Waals surface area contributed by atoms with Gasteiger partial charge < -0.3 is 5.73 Å². The van der Waals surface area contributed by atoms with E-state index in [4.69, 9.17) is 5.73 Å². The second-order valence-electron chi connectivity index (χ2n) is 4.74. The van der Waals surface area contributed by atoms with Crippen molar-refractivity contribution in [2.45, 2.75) is 25.2 Å². The molecule has 3 nitrogen and oxygen atoms in total. The maximum atomic E-state index is 11.5. The Morgan fingerprint density at radius 2 is 2.18 bits per heavy atom. The number of aryl methyl sites for hydroxylation is 1. The zero-order chi connectivity index (χ0) is 12.3. The van der Waals surface area contributed by atoms with Gasteiger partial charge in [0, 0.05) is 0 Å². The van der Waals surface area contributed by atoms with Crippen LogP contribution in [0.15, 0.2) is 24.3 Å². The van der Waals surface area contributed by atoms with Crippen molar-refractivity contribution in [2.75, 3.05) is 18.1 Å². The fourth-order valence-electron chi connectivity index (χ4n) is 2.37. The molecule has 0 bridgehead atoms. The summed E-state index contributed by atoms with van der Waals surface area (Å²) in [6.07, 6.45) is 2.72. The van der Waals surface area contributed by atoms with Crippen molar-refractivity contribution in [1.82, 2.24) is 0 Å². The monoisotopic (exact) mass is 253 g/mol. The summed E-state index contributed by atoms with van der Waals surface area (Å²) < 4.78 is 22.9. The first kappa shape index (κ1) is 12.6. The molecule has 0 aliphatic carbocycles. The van der Waals surface area contributed by atoms with Gasteiger partial charge in [-0.2, -0.15) is 0 Å². The van der Waals surface area contributed by atoms with Crippen molar-refractivity contribution in [2.24, 2.45) is 5.73 Å². The molecule has 94 valence electrons. The van der Waals surface area contributed by atoms with Crippen LogP contribution in [0.5, 0.6) is 0 Å². The second-order valence-corrected chi connectivity index (χ2v) is 6.97. The zero-order valence-electron chi connectivity index (χ0n) is 9.93. The normalized spacial score (nSPS) is 22.8. The summed E-state index contributed by atoms with van der Waals surface area (Å²) in [6.45, 7) is 0.696. The second kappa shape index (κ2) is 5.19. The molecule has 2 N–H and O–H groups in total. The lowest BCUT2D eigenvalue weighted by molar-refractivity contribution is 0.601. The molecule has 1 aliphatic rings. The molecular formula is C13H19NO2S.